The maximum absolute atomic E-state index is 12.5. The van der Waals surface area contributed by atoms with Gasteiger partial charge in [0.15, 0.2) is 0 Å². The summed E-state index contributed by atoms with van der Waals surface area (Å²) in [5.74, 6) is -0.586. The predicted octanol–water partition coefficient (Wildman–Crippen LogP) is 2.43. The molecule has 1 aliphatic heterocycles. The Morgan fingerprint density at radius 3 is 2.78 bits per heavy atom. The molecule has 0 radical (unpaired) electrons. The van der Waals surface area contributed by atoms with Gasteiger partial charge in [-0.15, -0.1) is 23.1 Å². The van der Waals surface area contributed by atoms with Crippen molar-refractivity contribution in [3.8, 4) is 0 Å². The molecule has 2 rings (SSSR count). The standard InChI is InChI=1S/C12H15NO3S2/c1-3-9-13(8(6-18-9)12(15)16)11(14)10-7(2)4-5-17-10/h4-5,8-9H,3,6H2,1-2H3,(H,15,16). The number of thiophene rings is 1. The van der Waals surface area contributed by atoms with Gasteiger partial charge in [0.25, 0.3) is 5.91 Å². The third kappa shape index (κ3) is 2.27. The summed E-state index contributed by atoms with van der Waals surface area (Å²) in [7, 11) is 0. The van der Waals surface area contributed by atoms with E-state index in [1.54, 1.807) is 11.8 Å². The Balaban J connectivity index is 2.30. The molecule has 1 fully saturated rings. The van der Waals surface area contributed by atoms with Crippen LogP contribution in [0.25, 0.3) is 0 Å². The molecule has 4 nitrogen and oxygen atoms in total. The highest BCUT2D eigenvalue weighted by Gasteiger charge is 2.41. The summed E-state index contributed by atoms with van der Waals surface area (Å²) in [6.45, 7) is 3.85. The van der Waals surface area contributed by atoms with E-state index in [9.17, 15) is 14.7 Å². The Bertz CT molecular complexity index is 472. The number of thioether (sulfide) groups is 1. The highest BCUT2D eigenvalue weighted by molar-refractivity contribution is 8.00. The van der Waals surface area contributed by atoms with Crippen LogP contribution in [0.2, 0.25) is 0 Å². The van der Waals surface area contributed by atoms with Gasteiger partial charge in [-0.05, 0) is 30.4 Å². The smallest absolute Gasteiger partial charge is 0.327 e. The van der Waals surface area contributed by atoms with Gasteiger partial charge < -0.3 is 10.0 Å². The molecule has 0 saturated carbocycles. The summed E-state index contributed by atoms with van der Waals surface area (Å²) in [5, 5.41) is 11.0. The summed E-state index contributed by atoms with van der Waals surface area (Å²) < 4.78 is 0. The van der Waals surface area contributed by atoms with E-state index in [1.807, 2.05) is 25.3 Å². The SMILES string of the molecule is CCC1SCC(C(=O)O)N1C(=O)c1sccc1C. The number of hydrogen-bond acceptors (Lipinski definition) is 4. The first kappa shape index (κ1) is 13.4. The molecule has 1 N–H and O–H groups in total. The molecule has 1 amide bonds. The lowest BCUT2D eigenvalue weighted by Crippen LogP contribution is -2.45. The molecule has 0 aromatic carbocycles. The summed E-state index contributed by atoms with van der Waals surface area (Å²) in [6.07, 6.45) is 0.768. The zero-order valence-electron chi connectivity index (χ0n) is 10.3. The van der Waals surface area contributed by atoms with Crippen LogP contribution in [0.1, 0.15) is 28.6 Å². The fraction of sp³-hybridized carbons (Fsp3) is 0.500. The molecule has 18 heavy (non-hydrogen) atoms. The van der Waals surface area contributed by atoms with Gasteiger partial charge in [0.1, 0.15) is 6.04 Å². The van der Waals surface area contributed by atoms with E-state index >= 15 is 0 Å². The van der Waals surface area contributed by atoms with E-state index in [4.69, 9.17) is 0 Å². The molecule has 0 aliphatic carbocycles. The quantitative estimate of drug-likeness (QED) is 0.926. The zero-order chi connectivity index (χ0) is 13.3. The van der Waals surface area contributed by atoms with Crippen LogP contribution in [-0.2, 0) is 4.79 Å². The fourth-order valence-electron chi connectivity index (χ4n) is 2.05. The number of carbonyl (C=O) groups is 2. The minimum Gasteiger partial charge on any atom is -0.480 e. The number of rotatable bonds is 3. The van der Waals surface area contributed by atoms with Gasteiger partial charge in [0.2, 0.25) is 0 Å². The van der Waals surface area contributed by atoms with Crippen LogP contribution in [-0.4, -0.2) is 39.1 Å². The number of carboxylic acid groups (broad SMARTS) is 1. The van der Waals surface area contributed by atoms with Gasteiger partial charge in [0.05, 0.1) is 10.3 Å². The van der Waals surface area contributed by atoms with E-state index < -0.39 is 12.0 Å². The first-order chi connectivity index (χ1) is 8.56. The maximum Gasteiger partial charge on any atom is 0.327 e. The third-order valence-electron chi connectivity index (χ3n) is 3.02. The Morgan fingerprint density at radius 1 is 1.56 bits per heavy atom. The molecule has 2 atom stereocenters. The van der Waals surface area contributed by atoms with Crippen LogP contribution in [0.15, 0.2) is 11.4 Å². The first-order valence-electron chi connectivity index (χ1n) is 5.77. The van der Waals surface area contributed by atoms with E-state index in [0.717, 1.165) is 12.0 Å². The van der Waals surface area contributed by atoms with Gasteiger partial charge in [-0.2, -0.15) is 0 Å². The molecule has 1 aromatic heterocycles. The second-order valence-electron chi connectivity index (χ2n) is 4.20. The van der Waals surface area contributed by atoms with Crippen molar-refractivity contribution < 1.29 is 14.7 Å². The summed E-state index contributed by atoms with van der Waals surface area (Å²) in [6, 6.07) is 1.19. The Hall–Kier alpha value is -1.01. The van der Waals surface area contributed by atoms with E-state index in [1.165, 1.54) is 16.2 Å². The molecule has 0 bridgehead atoms. The van der Waals surface area contributed by atoms with Gasteiger partial charge in [-0.1, -0.05) is 6.92 Å². The van der Waals surface area contributed by atoms with Crippen LogP contribution in [0, 0.1) is 6.92 Å². The van der Waals surface area contributed by atoms with Crippen molar-refractivity contribution in [2.45, 2.75) is 31.7 Å². The second-order valence-corrected chi connectivity index (χ2v) is 6.32. The van der Waals surface area contributed by atoms with Gasteiger partial charge in [-0.25, -0.2) is 4.79 Å². The van der Waals surface area contributed by atoms with Crippen molar-refractivity contribution in [2.75, 3.05) is 5.75 Å². The molecule has 2 heterocycles. The maximum atomic E-state index is 12.5. The minimum atomic E-state index is -0.916. The average Bonchev–Trinajstić information content (AvgIpc) is 2.93. The number of aryl methyl sites for hydroxylation is 1. The molecule has 6 heteroatoms. The summed E-state index contributed by atoms with van der Waals surface area (Å²) in [5.41, 5.74) is 0.917. The molecular weight excluding hydrogens is 270 g/mol. The number of aliphatic carboxylic acids is 1. The van der Waals surface area contributed by atoms with Gasteiger partial charge in [-0.3, -0.25) is 4.79 Å². The molecule has 1 aliphatic rings. The molecule has 1 aromatic rings. The van der Waals surface area contributed by atoms with Crippen LogP contribution in [0.3, 0.4) is 0 Å². The van der Waals surface area contributed by atoms with E-state index in [0.29, 0.717) is 10.6 Å². The molecule has 0 spiro atoms. The van der Waals surface area contributed by atoms with Crippen molar-refractivity contribution in [1.82, 2.24) is 4.90 Å². The lowest BCUT2D eigenvalue weighted by molar-refractivity contribution is -0.141. The van der Waals surface area contributed by atoms with Crippen molar-refractivity contribution in [2.24, 2.45) is 0 Å². The Kier molecular flexibility index (Phi) is 3.97. The van der Waals surface area contributed by atoms with Crippen LogP contribution < -0.4 is 0 Å². The first-order valence-corrected chi connectivity index (χ1v) is 7.70. The molecule has 1 saturated heterocycles. The van der Waals surface area contributed by atoms with Crippen LogP contribution in [0.5, 0.6) is 0 Å². The topological polar surface area (TPSA) is 57.6 Å². The summed E-state index contributed by atoms with van der Waals surface area (Å²) in [4.78, 5) is 25.9. The van der Waals surface area contributed by atoms with Crippen molar-refractivity contribution >= 4 is 35.0 Å². The largest absolute Gasteiger partial charge is 0.480 e. The fourth-order valence-corrected chi connectivity index (χ4v) is 4.26. The lowest BCUT2D eigenvalue weighted by atomic mass is 10.2. The van der Waals surface area contributed by atoms with Crippen molar-refractivity contribution in [3.63, 3.8) is 0 Å². The number of hydrogen-bond donors (Lipinski definition) is 1. The second kappa shape index (κ2) is 5.32. The Morgan fingerprint density at radius 2 is 2.28 bits per heavy atom. The molecular formula is C12H15NO3S2. The van der Waals surface area contributed by atoms with Crippen LogP contribution >= 0.6 is 23.1 Å². The normalized spacial score (nSPS) is 23.3. The van der Waals surface area contributed by atoms with Gasteiger partial charge >= 0.3 is 5.97 Å². The lowest BCUT2D eigenvalue weighted by Gasteiger charge is -2.26. The van der Waals surface area contributed by atoms with Crippen molar-refractivity contribution in [3.05, 3.63) is 21.9 Å². The monoisotopic (exact) mass is 285 g/mol. The number of carbonyl (C=O) groups excluding carboxylic acids is 1. The average molecular weight is 285 g/mol. The highest BCUT2D eigenvalue weighted by Crippen LogP contribution is 2.34. The van der Waals surface area contributed by atoms with Gasteiger partial charge in [0, 0.05) is 5.75 Å². The Labute approximate surface area is 114 Å². The predicted molar refractivity (Wildman–Crippen MR) is 73.2 cm³/mol. The summed E-state index contributed by atoms with van der Waals surface area (Å²) >= 11 is 2.92. The zero-order valence-corrected chi connectivity index (χ0v) is 11.9. The van der Waals surface area contributed by atoms with Crippen molar-refractivity contribution in [1.29, 1.82) is 0 Å². The van der Waals surface area contributed by atoms with E-state index in [2.05, 4.69) is 0 Å². The minimum absolute atomic E-state index is 0.0277. The number of carboxylic acids is 1. The third-order valence-corrected chi connectivity index (χ3v) is 5.48. The number of nitrogens with zero attached hydrogens (tertiary/aromatic N) is 1. The van der Waals surface area contributed by atoms with E-state index in [-0.39, 0.29) is 11.3 Å². The molecule has 98 valence electrons. The van der Waals surface area contributed by atoms with Crippen LogP contribution in [0.4, 0.5) is 0 Å². The molecule has 2 unspecified atom stereocenters. The highest BCUT2D eigenvalue weighted by atomic mass is 32.2. The number of amides is 1.